The van der Waals surface area contributed by atoms with Gasteiger partial charge in [0.25, 0.3) is 11.8 Å². The molecule has 2 aromatic rings. The third-order valence-electron chi connectivity index (χ3n) is 4.16. The lowest BCUT2D eigenvalue weighted by Crippen LogP contribution is -2.52. The van der Waals surface area contributed by atoms with E-state index >= 15 is 0 Å². The fourth-order valence-corrected chi connectivity index (χ4v) is 2.53. The summed E-state index contributed by atoms with van der Waals surface area (Å²) in [6.45, 7) is 3.30. The van der Waals surface area contributed by atoms with Crippen molar-refractivity contribution in [2.75, 3.05) is 7.11 Å². The molecule has 0 aromatic heterocycles. The molecule has 2 amide bonds. The Morgan fingerprint density at radius 1 is 1.00 bits per heavy atom. The molecule has 7 nitrogen and oxygen atoms in total. The Kier molecular flexibility index (Phi) is 7.54. The molecule has 0 spiro atoms. The highest BCUT2D eigenvalue weighted by molar-refractivity contribution is 6.06. The summed E-state index contributed by atoms with van der Waals surface area (Å²) in [4.78, 5) is 36.6. The Morgan fingerprint density at radius 3 is 2.14 bits per heavy atom. The van der Waals surface area contributed by atoms with Crippen LogP contribution < -0.4 is 20.5 Å². The van der Waals surface area contributed by atoms with Crippen molar-refractivity contribution < 1.29 is 24.2 Å². The molecule has 7 heteroatoms. The summed E-state index contributed by atoms with van der Waals surface area (Å²) in [5.74, 6) is -2.37. The van der Waals surface area contributed by atoms with Crippen LogP contribution in [0.15, 0.2) is 60.3 Å². The predicted octanol–water partition coefficient (Wildman–Crippen LogP) is 1.36. The summed E-state index contributed by atoms with van der Waals surface area (Å²) < 4.78 is 5.11. The maximum absolute atomic E-state index is 12.7. The number of hydrogen-bond donors (Lipinski definition) is 2. The fraction of sp³-hybridized carbons (Fsp3) is 0.227. The molecule has 0 fully saturated rings. The molecular weight excluding hydrogens is 372 g/mol. The van der Waals surface area contributed by atoms with E-state index in [-0.39, 0.29) is 5.70 Å². The lowest BCUT2D eigenvalue weighted by Gasteiger charge is -2.24. The Morgan fingerprint density at radius 2 is 1.62 bits per heavy atom. The van der Waals surface area contributed by atoms with Crippen molar-refractivity contribution in [1.29, 1.82) is 0 Å². The number of hydrogen-bond acceptors (Lipinski definition) is 5. The minimum absolute atomic E-state index is 0.0871. The smallest absolute Gasteiger partial charge is 0.268 e. The predicted molar refractivity (Wildman–Crippen MR) is 107 cm³/mol. The van der Waals surface area contributed by atoms with Crippen LogP contribution in [0.2, 0.25) is 0 Å². The Hall–Kier alpha value is -3.61. The highest BCUT2D eigenvalue weighted by atomic mass is 16.5. The lowest BCUT2D eigenvalue weighted by molar-refractivity contribution is -0.309. The normalized spacial score (nSPS) is 12.2. The van der Waals surface area contributed by atoms with Gasteiger partial charge in [-0.3, -0.25) is 9.59 Å². The summed E-state index contributed by atoms with van der Waals surface area (Å²) in [6, 6.07) is 14.0. The number of methoxy groups -OCH3 is 1. The van der Waals surface area contributed by atoms with E-state index in [9.17, 15) is 19.5 Å². The van der Waals surface area contributed by atoms with Crippen molar-refractivity contribution in [2.45, 2.75) is 19.9 Å². The van der Waals surface area contributed by atoms with E-state index in [1.54, 1.807) is 68.4 Å². The molecule has 0 aliphatic carbocycles. The summed E-state index contributed by atoms with van der Waals surface area (Å²) in [7, 11) is 1.54. The van der Waals surface area contributed by atoms with Gasteiger partial charge in [-0.2, -0.15) is 0 Å². The zero-order valence-electron chi connectivity index (χ0n) is 16.5. The quantitative estimate of drug-likeness (QED) is 0.656. The maximum Gasteiger partial charge on any atom is 0.268 e. The molecule has 152 valence electrons. The summed E-state index contributed by atoms with van der Waals surface area (Å²) in [5, 5.41) is 16.3. The molecule has 0 saturated heterocycles. The molecule has 29 heavy (non-hydrogen) atoms. The first kappa shape index (κ1) is 21.7. The van der Waals surface area contributed by atoms with Crippen molar-refractivity contribution in [3.8, 4) is 5.75 Å². The van der Waals surface area contributed by atoms with Gasteiger partial charge in [-0.05, 0) is 41.8 Å². The number of aliphatic carboxylic acids is 1. The molecule has 2 rings (SSSR count). The number of nitrogens with one attached hydrogen (secondary N) is 2. The standard InChI is InChI=1S/C22H24N2O5/c1-14(2)19(22(27)28)24-21(26)18(13-15-9-11-17(29-3)12-10-15)23-20(25)16-7-5-4-6-8-16/h4-14,19H,1-3H3,(H,23,25)(H,24,26)(H,27,28)/p-1/b18-13-/t19-/m1/s1. The number of carbonyl (C=O) groups excluding carboxylic acids is 3. The van der Waals surface area contributed by atoms with Gasteiger partial charge in [0.15, 0.2) is 0 Å². The van der Waals surface area contributed by atoms with Crippen molar-refractivity contribution in [3.63, 3.8) is 0 Å². The van der Waals surface area contributed by atoms with Gasteiger partial charge in [-0.1, -0.05) is 44.2 Å². The molecule has 0 radical (unpaired) electrons. The topological polar surface area (TPSA) is 108 Å². The van der Waals surface area contributed by atoms with Crippen LogP contribution in [0.3, 0.4) is 0 Å². The van der Waals surface area contributed by atoms with Crippen LogP contribution >= 0.6 is 0 Å². The Bertz CT molecular complexity index is 889. The zero-order chi connectivity index (χ0) is 21.4. The van der Waals surface area contributed by atoms with Crippen LogP contribution in [-0.4, -0.2) is 30.9 Å². The largest absolute Gasteiger partial charge is 0.548 e. The second-order valence-electron chi connectivity index (χ2n) is 6.67. The van der Waals surface area contributed by atoms with Gasteiger partial charge in [0.05, 0.1) is 19.1 Å². The van der Waals surface area contributed by atoms with Crippen molar-refractivity contribution >= 4 is 23.9 Å². The zero-order valence-corrected chi connectivity index (χ0v) is 16.5. The van der Waals surface area contributed by atoms with E-state index < -0.39 is 29.7 Å². The number of rotatable bonds is 8. The van der Waals surface area contributed by atoms with Crippen LogP contribution in [0.5, 0.6) is 5.75 Å². The minimum Gasteiger partial charge on any atom is -0.548 e. The fourth-order valence-electron chi connectivity index (χ4n) is 2.53. The van der Waals surface area contributed by atoms with Gasteiger partial charge in [0, 0.05) is 5.56 Å². The highest BCUT2D eigenvalue weighted by Crippen LogP contribution is 2.14. The molecule has 0 aliphatic heterocycles. The number of carbonyl (C=O) groups is 3. The van der Waals surface area contributed by atoms with Crippen LogP contribution in [0.4, 0.5) is 0 Å². The summed E-state index contributed by atoms with van der Waals surface area (Å²) in [6.07, 6.45) is 1.46. The number of carboxylic acids is 1. The molecule has 0 unspecified atom stereocenters. The first-order valence-electron chi connectivity index (χ1n) is 9.05. The maximum atomic E-state index is 12.7. The van der Waals surface area contributed by atoms with Gasteiger partial charge >= 0.3 is 0 Å². The molecule has 0 bridgehead atoms. The van der Waals surface area contributed by atoms with Gasteiger partial charge < -0.3 is 25.3 Å². The van der Waals surface area contributed by atoms with Crippen LogP contribution in [0, 0.1) is 5.92 Å². The lowest BCUT2D eigenvalue weighted by atomic mass is 10.0. The molecule has 0 heterocycles. The van der Waals surface area contributed by atoms with Crippen LogP contribution in [-0.2, 0) is 9.59 Å². The van der Waals surface area contributed by atoms with E-state index in [4.69, 9.17) is 4.74 Å². The van der Waals surface area contributed by atoms with Gasteiger partial charge in [-0.15, -0.1) is 0 Å². The van der Waals surface area contributed by atoms with Gasteiger partial charge in [-0.25, -0.2) is 0 Å². The number of carboxylic acid groups (broad SMARTS) is 1. The molecule has 0 saturated carbocycles. The first-order valence-corrected chi connectivity index (χ1v) is 9.05. The molecule has 2 aromatic carbocycles. The molecule has 1 atom stereocenters. The van der Waals surface area contributed by atoms with Gasteiger partial charge in [0.2, 0.25) is 0 Å². The van der Waals surface area contributed by atoms with Gasteiger partial charge in [0.1, 0.15) is 11.4 Å². The second-order valence-corrected chi connectivity index (χ2v) is 6.67. The third kappa shape index (κ3) is 6.21. The minimum atomic E-state index is -1.40. The van der Waals surface area contributed by atoms with Crippen LogP contribution in [0.1, 0.15) is 29.8 Å². The van der Waals surface area contributed by atoms with Crippen molar-refractivity contribution in [1.82, 2.24) is 10.6 Å². The summed E-state index contributed by atoms with van der Waals surface area (Å²) in [5.41, 5.74) is 0.899. The molecule has 2 N–H and O–H groups in total. The molecule has 0 aliphatic rings. The number of amides is 2. The Labute approximate surface area is 169 Å². The van der Waals surface area contributed by atoms with E-state index in [0.717, 1.165) is 0 Å². The average Bonchev–Trinajstić information content (AvgIpc) is 2.71. The molecular formula is C22H23N2O5-. The van der Waals surface area contributed by atoms with E-state index in [1.165, 1.54) is 13.2 Å². The van der Waals surface area contributed by atoms with E-state index in [0.29, 0.717) is 16.9 Å². The van der Waals surface area contributed by atoms with Crippen molar-refractivity contribution in [3.05, 3.63) is 71.4 Å². The second kappa shape index (κ2) is 10.1. The van der Waals surface area contributed by atoms with E-state index in [2.05, 4.69) is 10.6 Å². The van der Waals surface area contributed by atoms with Crippen molar-refractivity contribution in [2.24, 2.45) is 5.92 Å². The Balaban J connectivity index is 2.33. The third-order valence-corrected chi connectivity index (χ3v) is 4.16. The first-order chi connectivity index (χ1) is 13.8. The van der Waals surface area contributed by atoms with Crippen LogP contribution in [0.25, 0.3) is 6.08 Å². The monoisotopic (exact) mass is 395 g/mol. The number of benzene rings is 2. The SMILES string of the molecule is COc1ccc(/C=C(\NC(=O)c2ccccc2)C(=O)N[C@@H](C(=O)[O-])C(C)C)cc1. The number of ether oxygens (including phenoxy) is 1. The van der Waals surface area contributed by atoms with E-state index in [1.807, 2.05) is 0 Å². The highest BCUT2D eigenvalue weighted by Gasteiger charge is 2.21. The average molecular weight is 395 g/mol. The summed E-state index contributed by atoms with van der Waals surface area (Å²) >= 11 is 0.